The number of aryl methyl sites for hydroxylation is 2. The Kier molecular flexibility index (Phi) is 11.6. The molecule has 0 saturated carbocycles. The Bertz CT molecular complexity index is 1470. The van der Waals surface area contributed by atoms with Crippen LogP contribution in [-0.2, 0) is 32.6 Å². The predicted octanol–water partition coefficient (Wildman–Crippen LogP) is 5.93. The Labute approximate surface area is 253 Å². The Morgan fingerprint density at radius 2 is 1.61 bits per heavy atom. The van der Waals surface area contributed by atoms with Gasteiger partial charge in [-0.2, -0.15) is 0 Å². The topological polar surface area (TPSA) is 86.8 Å². The summed E-state index contributed by atoms with van der Waals surface area (Å²) in [5, 5.41) is 3.61. The number of hydrogen-bond donors (Lipinski definition) is 1. The van der Waals surface area contributed by atoms with E-state index in [9.17, 15) is 18.0 Å². The number of amides is 2. The average molecular weight is 619 g/mol. The molecule has 3 aromatic rings. The molecule has 3 aromatic carbocycles. The molecule has 220 valence electrons. The molecule has 1 atom stereocenters. The lowest BCUT2D eigenvalue weighted by Gasteiger charge is -2.32. The van der Waals surface area contributed by atoms with Crippen LogP contribution in [0.5, 0.6) is 0 Å². The van der Waals surface area contributed by atoms with Gasteiger partial charge in [0.05, 0.1) is 22.0 Å². The van der Waals surface area contributed by atoms with Crippen LogP contribution < -0.4 is 9.62 Å². The highest BCUT2D eigenvalue weighted by atomic mass is 35.5. The third kappa shape index (κ3) is 9.21. The number of benzene rings is 3. The average Bonchev–Trinajstić information content (AvgIpc) is 2.92. The van der Waals surface area contributed by atoms with E-state index < -0.39 is 16.1 Å². The number of nitrogens with zero attached hydrogens (tertiary/aromatic N) is 2. The smallest absolute Gasteiger partial charge is 0.243 e. The van der Waals surface area contributed by atoms with Crippen molar-refractivity contribution >= 4 is 50.7 Å². The maximum atomic E-state index is 13.8. The van der Waals surface area contributed by atoms with Crippen molar-refractivity contribution in [2.75, 3.05) is 23.7 Å². The fourth-order valence-electron chi connectivity index (χ4n) is 4.57. The molecule has 0 aromatic heterocycles. The predicted molar refractivity (Wildman–Crippen MR) is 167 cm³/mol. The van der Waals surface area contributed by atoms with E-state index in [1.54, 1.807) is 29.2 Å². The highest BCUT2D eigenvalue weighted by Crippen LogP contribution is 2.25. The largest absolute Gasteiger partial charge is 0.355 e. The molecule has 2 amide bonds. The van der Waals surface area contributed by atoms with Crippen molar-refractivity contribution < 1.29 is 18.0 Å². The molecule has 1 N–H and O–H groups in total. The van der Waals surface area contributed by atoms with E-state index in [0.717, 1.165) is 28.5 Å². The number of halogens is 2. The lowest BCUT2D eigenvalue weighted by atomic mass is 10.0. The van der Waals surface area contributed by atoms with Crippen LogP contribution in [0.15, 0.2) is 66.7 Å². The van der Waals surface area contributed by atoms with E-state index in [2.05, 4.69) is 5.32 Å². The summed E-state index contributed by atoms with van der Waals surface area (Å²) in [6, 6.07) is 19.3. The minimum Gasteiger partial charge on any atom is -0.355 e. The number of likely N-dealkylation sites (N-methyl/N-ethyl adjacent to an activating group) is 1. The Morgan fingerprint density at radius 3 is 2.22 bits per heavy atom. The van der Waals surface area contributed by atoms with Crippen LogP contribution in [0, 0.1) is 13.8 Å². The minimum atomic E-state index is -3.58. The molecule has 0 aliphatic heterocycles. The van der Waals surface area contributed by atoms with Crippen LogP contribution in [0.4, 0.5) is 5.69 Å². The van der Waals surface area contributed by atoms with Gasteiger partial charge in [0.2, 0.25) is 21.8 Å². The number of nitrogens with one attached hydrogen (secondary N) is 1. The SMILES string of the molecule is CCNC(=O)C(Cc1ccccc1)N(Cc1ccc(Cl)c(Cl)c1)C(=O)CCCN(c1ccc(C)c(C)c1)S(C)(=O)=O. The number of sulfonamides is 1. The molecule has 0 spiro atoms. The van der Waals surface area contributed by atoms with Crippen LogP contribution in [0.3, 0.4) is 0 Å². The fourth-order valence-corrected chi connectivity index (χ4v) is 5.84. The molecule has 0 radical (unpaired) electrons. The third-order valence-corrected chi connectivity index (χ3v) is 8.82. The van der Waals surface area contributed by atoms with Crippen molar-refractivity contribution in [3.05, 3.63) is 99.0 Å². The molecule has 10 heteroatoms. The maximum absolute atomic E-state index is 13.8. The van der Waals surface area contributed by atoms with Gasteiger partial charge >= 0.3 is 0 Å². The molecule has 0 heterocycles. The van der Waals surface area contributed by atoms with Crippen molar-refractivity contribution in [3.63, 3.8) is 0 Å². The van der Waals surface area contributed by atoms with Crippen molar-refractivity contribution in [2.24, 2.45) is 0 Å². The highest BCUT2D eigenvalue weighted by molar-refractivity contribution is 7.92. The molecule has 7 nitrogen and oxygen atoms in total. The summed E-state index contributed by atoms with van der Waals surface area (Å²) in [5.74, 6) is -0.533. The van der Waals surface area contributed by atoms with Gasteiger partial charge in [0.15, 0.2) is 0 Å². The molecule has 3 rings (SSSR count). The van der Waals surface area contributed by atoms with Crippen LogP contribution in [-0.4, -0.2) is 50.5 Å². The summed E-state index contributed by atoms with van der Waals surface area (Å²) in [6.45, 7) is 6.40. The van der Waals surface area contributed by atoms with E-state index in [0.29, 0.717) is 28.7 Å². The molecule has 0 fully saturated rings. The molecule has 0 aliphatic carbocycles. The van der Waals surface area contributed by atoms with E-state index in [4.69, 9.17) is 23.2 Å². The van der Waals surface area contributed by atoms with Crippen LogP contribution >= 0.6 is 23.2 Å². The lowest BCUT2D eigenvalue weighted by Crippen LogP contribution is -2.50. The first-order valence-corrected chi connectivity index (χ1v) is 16.1. The second kappa shape index (κ2) is 14.7. The van der Waals surface area contributed by atoms with Gasteiger partial charge in [-0.15, -0.1) is 0 Å². The fraction of sp³-hybridized carbons (Fsp3) is 0.355. The minimum absolute atomic E-state index is 0.0445. The van der Waals surface area contributed by atoms with E-state index in [-0.39, 0.29) is 37.7 Å². The van der Waals surface area contributed by atoms with Crippen molar-refractivity contribution in [2.45, 2.75) is 52.6 Å². The summed E-state index contributed by atoms with van der Waals surface area (Å²) >= 11 is 12.4. The Morgan fingerprint density at radius 1 is 0.902 bits per heavy atom. The van der Waals surface area contributed by atoms with Gasteiger partial charge in [-0.05, 0) is 73.7 Å². The van der Waals surface area contributed by atoms with Crippen LogP contribution in [0.2, 0.25) is 10.0 Å². The van der Waals surface area contributed by atoms with Gasteiger partial charge < -0.3 is 10.2 Å². The van der Waals surface area contributed by atoms with E-state index in [1.165, 1.54) is 4.31 Å². The van der Waals surface area contributed by atoms with Gasteiger partial charge in [0.1, 0.15) is 6.04 Å². The Hall–Kier alpha value is -3.07. The molecule has 0 saturated heterocycles. The molecule has 1 unspecified atom stereocenters. The maximum Gasteiger partial charge on any atom is 0.243 e. The number of carbonyl (C=O) groups excluding carboxylic acids is 2. The lowest BCUT2D eigenvalue weighted by molar-refractivity contribution is -0.141. The summed E-state index contributed by atoms with van der Waals surface area (Å²) in [4.78, 5) is 28.7. The first-order chi connectivity index (χ1) is 19.4. The molecular formula is C31H37Cl2N3O4S. The summed E-state index contributed by atoms with van der Waals surface area (Å²) in [7, 11) is -3.58. The quantitative estimate of drug-likeness (QED) is 0.257. The normalized spacial score (nSPS) is 12.0. The molecule has 0 bridgehead atoms. The molecule has 41 heavy (non-hydrogen) atoms. The summed E-state index contributed by atoms with van der Waals surface area (Å²) in [5.41, 5.74) is 4.23. The molecule has 0 aliphatic rings. The zero-order valence-corrected chi connectivity index (χ0v) is 26.2. The van der Waals surface area contributed by atoms with Crippen molar-refractivity contribution in [1.82, 2.24) is 10.2 Å². The van der Waals surface area contributed by atoms with Crippen molar-refractivity contribution in [3.8, 4) is 0 Å². The van der Waals surface area contributed by atoms with Gasteiger partial charge in [0.25, 0.3) is 0 Å². The zero-order chi connectivity index (χ0) is 30.2. The third-order valence-electron chi connectivity index (χ3n) is 6.89. The van der Waals surface area contributed by atoms with Gasteiger partial charge in [-0.25, -0.2) is 8.42 Å². The number of rotatable bonds is 13. The monoisotopic (exact) mass is 617 g/mol. The summed E-state index contributed by atoms with van der Waals surface area (Å²) in [6.07, 6.45) is 1.79. The first kappa shape index (κ1) is 32.4. The zero-order valence-electron chi connectivity index (χ0n) is 23.9. The summed E-state index contributed by atoms with van der Waals surface area (Å²) < 4.78 is 26.7. The van der Waals surface area contributed by atoms with E-state index in [1.807, 2.05) is 63.2 Å². The number of hydrogen-bond acceptors (Lipinski definition) is 4. The van der Waals surface area contributed by atoms with Gasteiger partial charge in [-0.3, -0.25) is 13.9 Å². The van der Waals surface area contributed by atoms with E-state index >= 15 is 0 Å². The standard InChI is InChI=1S/C31H37Cl2N3O4S/c1-5-34-31(38)29(20-24-10-7-6-8-11-24)35(21-25-14-16-27(32)28(33)19-25)30(37)12-9-17-36(41(4,39)40)26-15-13-22(2)23(3)18-26/h6-8,10-11,13-16,18-19,29H,5,9,12,17,20-21H2,1-4H3,(H,34,38). The second-order valence-electron chi connectivity index (χ2n) is 10.1. The highest BCUT2D eigenvalue weighted by Gasteiger charge is 2.30. The van der Waals surface area contributed by atoms with Crippen molar-refractivity contribution in [1.29, 1.82) is 0 Å². The number of anilines is 1. The second-order valence-corrected chi connectivity index (χ2v) is 12.8. The van der Waals surface area contributed by atoms with Crippen LogP contribution in [0.25, 0.3) is 0 Å². The van der Waals surface area contributed by atoms with Gasteiger partial charge in [0, 0.05) is 32.5 Å². The number of carbonyl (C=O) groups is 2. The first-order valence-electron chi connectivity index (χ1n) is 13.5. The molecular weight excluding hydrogens is 581 g/mol. The Balaban J connectivity index is 1.89. The van der Waals surface area contributed by atoms with Gasteiger partial charge in [-0.1, -0.05) is 65.7 Å². The van der Waals surface area contributed by atoms with Crippen LogP contribution in [0.1, 0.15) is 42.0 Å².